The first kappa shape index (κ1) is 20.2. The summed E-state index contributed by atoms with van der Waals surface area (Å²) in [6.45, 7) is 0. The van der Waals surface area contributed by atoms with Crippen molar-refractivity contribution in [3.63, 3.8) is 0 Å². The highest BCUT2D eigenvalue weighted by atomic mass is 35.5. The number of primary amides is 1. The quantitative estimate of drug-likeness (QED) is 0.579. The van der Waals surface area contributed by atoms with Crippen LogP contribution in [0.3, 0.4) is 0 Å². The van der Waals surface area contributed by atoms with Crippen LogP contribution >= 0.6 is 35.0 Å². The van der Waals surface area contributed by atoms with Crippen LogP contribution in [-0.2, 0) is 16.0 Å². The van der Waals surface area contributed by atoms with Crippen LogP contribution in [0.5, 0.6) is 0 Å². The van der Waals surface area contributed by atoms with Crippen molar-refractivity contribution in [3.8, 4) is 6.07 Å². The molecule has 9 heteroatoms. The van der Waals surface area contributed by atoms with Crippen molar-refractivity contribution >= 4 is 52.5 Å². The average Bonchev–Trinajstić information content (AvgIpc) is 2.95. The third kappa shape index (κ3) is 3.99. The third-order valence-corrected chi connectivity index (χ3v) is 5.89. The average molecular weight is 436 g/mol. The van der Waals surface area contributed by atoms with Gasteiger partial charge in [-0.25, -0.2) is 4.39 Å². The van der Waals surface area contributed by atoms with Gasteiger partial charge in [-0.15, -0.1) is 0 Å². The van der Waals surface area contributed by atoms with Gasteiger partial charge >= 0.3 is 0 Å². The van der Waals surface area contributed by atoms with Crippen LogP contribution in [0, 0.1) is 17.1 Å². The maximum absolute atomic E-state index is 13.3. The van der Waals surface area contributed by atoms with Gasteiger partial charge in [0.2, 0.25) is 5.91 Å². The molecule has 2 aromatic rings. The molecule has 2 aromatic carbocycles. The Morgan fingerprint density at radius 2 is 1.93 bits per heavy atom. The van der Waals surface area contributed by atoms with Crippen LogP contribution in [0.2, 0.25) is 10.0 Å². The number of nitriles is 1. The smallest absolute Gasteiger partial charge is 0.262 e. The van der Waals surface area contributed by atoms with Crippen molar-refractivity contribution in [2.75, 3.05) is 4.90 Å². The molecule has 1 aliphatic heterocycles. The molecule has 2 N–H and O–H groups in total. The molecule has 1 saturated heterocycles. The van der Waals surface area contributed by atoms with Crippen LogP contribution in [0.4, 0.5) is 10.1 Å². The highest BCUT2D eigenvalue weighted by molar-refractivity contribution is 8.05. The molecule has 2 amide bonds. The lowest BCUT2D eigenvalue weighted by Crippen LogP contribution is -2.31. The number of carbonyl (C=O) groups excluding carboxylic acids is 2. The van der Waals surface area contributed by atoms with Gasteiger partial charge in [0.05, 0.1) is 5.25 Å². The Kier molecular flexibility index (Phi) is 5.94. The molecule has 142 valence electrons. The summed E-state index contributed by atoms with van der Waals surface area (Å²) < 4.78 is 13.3. The zero-order valence-electron chi connectivity index (χ0n) is 14.2. The molecule has 0 spiro atoms. The number of thioether (sulfide) groups is 1. The van der Waals surface area contributed by atoms with E-state index in [0.29, 0.717) is 21.3 Å². The van der Waals surface area contributed by atoms with Crippen molar-refractivity contribution in [2.45, 2.75) is 11.7 Å². The van der Waals surface area contributed by atoms with Crippen LogP contribution in [0.1, 0.15) is 5.56 Å². The number of benzene rings is 2. The normalized spacial score (nSPS) is 18.1. The van der Waals surface area contributed by atoms with E-state index >= 15 is 0 Å². The van der Waals surface area contributed by atoms with Crippen molar-refractivity contribution in [1.82, 2.24) is 0 Å². The summed E-state index contributed by atoms with van der Waals surface area (Å²) in [5.41, 5.74) is 5.94. The first-order chi connectivity index (χ1) is 13.3. The number of carbonyl (C=O) groups is 2. The van der Waals surface area contributed by atoms with E-state index in [4.69, 9.17) is 28.9 Å². The summed E-state index contributed by atoms with van der Waals surface area (Å²) in [5, 5.41) is 9.70. The Balaban J connectivity index is 2.05. The summed E-state index contributed by atoms with van der Waals surface area (Å²) in [6, 6.07) is 11.8. The third-order valence-electron chi connectivity index (χ3n) is 4.02. The van der Waals surface area contributed by atoms with Gasteiger partial charge in [-0.2, -0.15) is 5.26 Å². The second kappa shape index (κ2) is 8.23. The molecule has 1 heterocycles. The Bertz CT molecular complexity index is 1030. The first-order valence-corrected chi connectivity index (χ1v) is 9.59. The maximum atomic E-state index is 13.3. The molecule has 0 saturated carbocycles. The SMILES string of the molecule is N#C/C(C(N)=O)=C1/S[C@@H](Cc2cc(Cl)ccc2Cl)C(=O)N1c1ccc(F)cc1. The topological polar surface area (TPSA) is 87.2 Å². The van der Waals surface area contributed by atoms with Crippen molar-refractivity contribution in [3.05, 3.63) is 74.5 Å². The van der Waals surface area contributed by atoms with E-state index in [2.05, 4.69) is 0 Å². The zero-order chi connectivity index (χ0) is 20.4. The van der Waals surface area contributed by atoms with Crippen LogP contribution in [-0.4, -0.2) is 17.1 Å². The first-order valence-electron chi connectivity index (χ1n) is 7.96. The number of nitrogens with two attached hydrogens (primary N) is 1. The lowest BCUT2D eigenvalue weighted by molar-refractivity contribution is -0.117. The Morgan fingerprint density at radius 3 is 2.54 bits per heavy atom. The van der Waals surface area contributed by atoms with Crippen molar-refractivity contribution in [2.24, 2.45) is 5.73 Å². The van der Waals surface area contributed by atoms with Crippen LogP contribution < -0.4 is 10.6 Å². The van der Waals surface area contributed by atoms with E-state index < -0.39 is 17.0 Å². The Labute approximate surface area is 174 Å². The zero-order valence-corrected chi connectivity index (χ0v) is 16.5. The fraction of sp³-hybridized carbons (Fsp3) is 0.105. The highest BCUT2D eigenvalue weighted by Gasteiger charge is 2.40. The fourth-order valence-electron chi connectivity index (χ4n) is 2.72. The van der Waals surface area contributed by atoms with Gasteiger partial charge in [-0.1, -0.05) is 35.0 Å². The second-order valence-electron chi connectivity index (χ2n) is 5.85. The molecule has 1 fully saturated rings. The standard InChI is InChI=1S/C19H12Cl2FN3O2S/c20-11-1-6-15(21)10(7-11)8-16-18(27)25(13-4-2-12(22)3-5-13)19(28-16)14(9-23)17(24)26/h1-7,16H,8H2,(H2,24,26)/b19-14-/t16-/m0/s1. The minimum absolute atomic E-state index is 0.106. The van der Waals surface area contributed by atoms with Crippen LogP contribution in [0.15, 0.2) is 53.1 Å². The minimum atomic E-state index is -0.952. The molecule has 0 bridgehead atoms. The summed E-state index contributed by atoms with van der Waals surface area (Å²) in [7, 11) is 0. The van der Waals surface area contributed by atoms with Crippen molar-refractivity contribution in [1.29, 1.82) is 5.26 Å². The van der Waals surface area contributed by atoms with Crippen LogP contribution in [0.25, 0.3) is 0 Å². The van der Waals surface area contributed by atoms with Gasteiger partial charge in [0.15, 0.2) is 0 Å². The summed E-state index contributed by atoms with van der Waals surface area (Å²) in [4.78, 5) is 26.0. The predicted octanol–water partition coefficient (Wildman–Crippen LogP) is 4.04. The number of amides is 2. The second-order valence-corrected chi connectivity index (χ2v) is 7.89. The monoisotopic (exact) mass is 435 g/mol. The Morgan fingerprint density at radius 1 is 1.25 bits per heavy atom. The maximum Gasteiger partial charge on any atom is 0.262 e. The molecule has 1 aliphatic rings. The molecule has 5 nitrogen and oxygen atoms in total. The lowest BCUT2D eigenvalue weighted by Gasteiger charge is -2.18. The molecule has 3 rings (SSSR count). The largest absolute Gasteiger partial charge is 0.365 e. The van der Waals surface area contributed by atoms with E-state index in [9.17, 15) is 19.2 Å². The van der Waals surface area contributed by atoms with E-state index in [1.54, 1.807) is 24.3 Å². The van der Waals surface area contributed by atoms with Gasteiger partial charge in [0, 0.05) is 15.7 Å². The van der Waals surface area contributed by atoms with Crippen molar-refractivity contribution < 1.29 is 14.0 Å². The number of hydrogen-bond acceptors (Lipinski definition) is 4. The Hall–Kier alpha value is -2.53. The number of nitrogens with zero attached hydrogens (tertiary/aromatic N) is 2. The van der Waals surface area contributed by atoms with Gasteiger partial charge < -0.3 is 5.73 Å². The van der Waals surface area contributed by atoms with E-state index in [0.717, 1.165) is 11.8 Å². The summed E-state index contributed by atoms with van der Waals surface area (Å²) in [5.74, 6) is -1.81. The summed E-state index contributed by atoms with van der Waals surface area (Å²) >= 11 is 13.2. The number of hydrogen-bond donors (Lipinski definition) is 1. The van der Waals surface area contributed by atoms with Gasteiger partial charge in [0.1, 0.15) is 22.5 Å². The molecule has 1 atom stereocenters. The molecular formula is C19H12Cl2FN3O2S. The fourth-order valence-corrected chi connectivity index (χ4v) is 4.42. The molecule has 0 aromatic heterocycles. The number of halogens is 3. The van der Waals surface area contributed by atoms with E-state index in [1.807, 2.05) is 0 Å². The molecule has 0 radical (unpaired) electrons. The number of anilines is 1. The lowest BCUT2D eigenvalue weighted by atomic mass is 10.1. The van der Waals surface area contributed by atoms with E-state index in [1.165, 1.54) is 29.2 Å². The molecule has 0 unspecified atom stereocenters. The molecule has 28 heavy (non-hydrogen) atoms. The number of rotatable bonds is 4. The summed E-state index contributed by atoms with van der Waals surface area (Å²) in [6.07, 6.45) is 0.224. The highest BCUT2D eigenvalue weighted by Crippen LogP contribution is 2.42. The minimum Gasteiger partial charge on any atom is -0.365 e. The molecule has 0 aliphatic carbocycles. The molecular weight excluding hydrogens is 424 g/mol. The van der Waals surface area contributed by atoms with E-state index in [-0.39, 0.29) is 22.9 Å². The predicted molar refractivity (Wildman–Crippen MR) is 107 cm³/mol. The van der Waals surface area contributed by atoms with Gasteiger partial charge in [0.25, 0.3) is 5.91 Å². The van der Waals surface area contributed by atoms with Gasteiger partial charge in [-0.05, 0) is 54.4 Å². The van der Waals surface area contributed by atoms with Gasteiger partial charge in [-0.3, -0.25) is 14.5 Å².